The van der Waals surface area contributed by atoms with Crippen LogP contribution in [0.2, 0.25) is 0 Å². The summed E-state index contributed by atoms with van der Waals surface area (Å²) < 4.78 is 13.5. The molecule has 1 aliphatic carbocycles. The third kappa shape index (κ3) is 3.96. The van der Waals surface area contributed by atoms with Crippen LogP contribution >= 0.6 is 0 Å². The highest BCUT2D eigenvalue weighted by Crippen LogP contribution is 2.46. The molecule has 0 radical (unpaired) electrons. The van der Waals surface area contributed by atoms with Gasteiger partial charge in [-0.3, -0.25) is 4.79 Å². The molecule has 1 aliphatic rings. The summed E-state index contributed by atoms with van der Waals surface area (Å²) in [5.41, 5.74) is 6.43. The number of benzene rings is 1. The Hall–Kier alpha value is -1.58. The number of hydrogen-bond donors (Lipinski definition) is 2. The van der Waals surface area contributed by atoms with Crippen LogP contribution in [0.25, 0.3) is 0 Å². The van der Waals surface area contributed by atoms with Gasteiger partial charge in [-0.25, -0.2) is 4.39 Å². The average molecular weight is 292 g/mol. The van der Waals surface area contributed by atoms with Crippen LogP contribution in [-0.4, -0.2) is 11.9 Å². The molecule has 0 unspecified atom stereocenters. The third-order valence-electron chi connectivity index (χ3n) is 4.16. The van der Waals surface area contributed by atoms with Crippen molar-refractivity contribution in [2.45, 2.75) is 53.0 Å². The fourth-order valence-electron chi connectivity index (χ4n) is 3.99. The Morgan fingerprint density at radius 1 is 1.24 bits per heavy atom. The first kappa shape index (κ1) is 15.8. The molecule has 1 amide bonds. The van der Waals surface area contributed by atoms with E-state index in [2.05, 4.69) is 33.0 Å². The second-order valence-corrected chi connectivity index (χ2v) is 7.81. The molecule has 0 heterocycles. The van der Waals surface area contributed by atoms with Crippen LogP contribution in [0.3, 0.4) is 0 Å². The Bertz CT molecular complexity index is 536. The van der Waals surface area contributed by atoms with Gasteiger partial charge < -0.3 is 11.1 Å². The minimum absolute atomic E-state index is 0.0608. The Kier molecular flexibility index (Phi) is 4.00. The van der Waals surface area contributed by atoms with Gasteiger partial charge in [0.1, 0.15) is 5.82 Å². The van der Waals surface area contributed by atoms with Gasteiger partial charge in [0.15, 0.2) is 0 Å². The maximum atomic E-state index is 13.5. The summed E-state index contributed by atoms with van der Waals surface area (Å²) in [6, 6.07) is 4.78. The highest BCUT2D eigenvalue weighted by Gasteiger charge is 2.38. The van der Waals surface area contributed by atoms with Gasteiger partial charge in [-0.15, -0.1) is 0 Å². The van der Waals surface area contributed by atoms with E-state index in [1.54, 1.807) is 6.07 Å². The van der Waals surface area contributed by atoms with E-state index in [-0.39, 0.29) is 16.4 Å². The van der Waals surface area contributed by atoms with Crippen molar-refractivity contribution in [2.75, 3.05) is 5.32 Å². The molecular weight excluding hydrogens is 267 g/mol. The molecule has 0 aliphatic heterocycles. The van der Waals surface area contributed by atoms with Gasteiger partial charge in [0.05, 0.1) is 5.56 Å². The number of rotatable bonds is 3. The van der Waals surface area contributed by atoms with E-state index in [0.29, 0.717) is 6.04 Å². The van der Waals surface area contributed by atoms with Crippen LogP contribution in [0.15, 0.2) is 18.2 Å². The summed E-state index contributed by atoms with van der Waals surface area (Å²) in [7, 11) is 0. The van der Waals surface area contributed by atoms with Gasteiger partial charge in [-0.1, -0.05) is 27.7 Å². The molecule has 3 nitrogen and oxygen atoms in total. The standard InChI is InChI=1S/C17H25FN2O/c1-16(2)8-12(9-17(3,4)10-16)20-11-5-6-14(18)13(7-11)15(19)21/h5-7,12,20H,8-10H2,1-4H3,(H2,19,21). The number of carbonyl (C=O) groups is 1. The zero-order valence-electron chi connectivity index (χ0n) is 13.3. The Balaban J connectivity index is 2.18. The fraction of sp³-hybridized carbons (Fsp3) is 0.588. The molecule has 4 heteroatoms. The number of hydrogen-bond acceptors (Lipinski definition) is 2. The van der Waals surface area contributed by atoms with E-state index in [1.807, 2.05) is 0 Å². The third-order valence-corrected chi connectivity index (χ3v) is 4.16. The monoisotopic (exact) mass is 292 g/mol. The molecule has 1 aromatic rings. The molecule has 1 fully saturated rings. The largest absolute Gasteiger partial charge is 0.382 e. The Labute approximate surface area is 126 Å². The molecule has 0 aromatic heterocycles. The maximum Gasteiger partial charge on any atom is 0.251 e. The average Bonchev–Trinajstić information content (AvgIpc) is 2.27. The highest BCUT2D eigenvalue weighted by molar-refractivity contribution is 5.94. The topological polar surface area (TPSA) is 55.1 Å². The molecule has 0 saturated heterocycles. The molecule has 1 saturated carbocycles. The van der Waals surface area contributed by atoms with E-state index in [1.165, 1.54) is 18.6 Å². The first-order valence-electron chi connectivity index (χ1n) is 7.44. The van der Waals surface area contributed by atoms with Crippen LogP contribution in [0.5, 0.6) is 0 Å². The van der Waals surface area contributed by atoms with Gasteiger partial charge in [-0.05, 0) is 48.3 Å². The first-order chi connectivity index (χ1) is 9.58. The lowest BCUT2D eigenvalue weighted by Crippen LogP contribution is -2.40. The van der Waals surface area contributed by atoms with Gasteiger partial charge in [0.2, 0.25) is 0 Å². The minimum Gasteiger partial charge on any atom is -0.382 e. The second-order valence-electron chi connectivity index (χ2n) is 7.81. The molecule has 2 rings (SSSR count). The van der Waals surface area contributed by atoms with Crippen molar-refractivity contribution >= 4 is 11.6 Å². The van der Waals surface area contributed by atoms with Crippen LogP contribution < -0.4 is 11.1 Å². The number of carbonyl (C=O) groups excluding carboxylic acids is 1. The summed E-state index contributed by atoms with van der Waals surface area (Å²) >= 11 is 0. The van der Waals surface area contributed by atoms with E-state index >= 15 is 0 Å². The number of anilines is 1. The van der Waals surface area contributed by atoms with Gasteiger partial charge >= 0.3 is 0 Å². The summed E-state index contributed by atoms with van der Waals surface area (Å²) in [6.07, 6.45) is 3.30. The second kappa shape index (κ2) is 5.32. The SMILES string of the molecule is CC1(C)CC(Nc2ccc(F)c(C(N)=O)c2)CC(C)(C)C1. The van der Waals surface area contributed by atoms with Crippen molar-refractivity contribution in [2.24, 2.45) is 16.6 Å². The van der Waals surface area contributed by atoms with Crippen LogP contribution in [0, 0.1) is 16.6 Å². The Morgan fingerprint density at radius 2 is 1.81 bits per heavy atom. The van der Waals surface area contributed by atoms with Crippen LogP contribution in [0.1, 0.15) is 57.3 Å². The van der Waals surface area contributed by atoms with Crippen LogP contribution in [-0.2, 0) is 0 Å². The van der Waals surface area contributed by atoms with Crippen LogP contribution in [0.4, 0.5) is 10.1 Å². The number of nitrogens with two attached hydrogens (primary N) is 1. The number of nitrogens with one attached hydrogen (secondary N) is 1. The molecule has 1 aromatic carbocycles. The maximum absolute atomic E-state index is 13.5. The predicted molar refractivity (Wildman–Crippen MR) is 83.7 cm³/mol. The summed E-state index contributed by atoms with van der Waals surface area (Å²) in [4.78, 5) is 11.2. The lowest BCUT2D eigenvalue weighted by atomic mass is 9.63. The molecule has 21 heavy (non-hydrogen) atoms. The smallest absolute Gasteiger partial charge is 0.251 e. The molecule has 3 N–H and O–H groups in total. The lowest BCUT2D eigenvalue weighted by molar-refractivity contribution is 0.0994. The number of halogens is 1. The van der Waals surface area contributed by atoms with Crippen molar-refractivity contribution < 1.29 is 9.18 Å². The molecule has 0 atom stereocenters. The van der Waals surface area contributed by atoms with Crippen molar-refractivity contribution in [1.29, 1.82) is 0 Å². The first-order valence-corrected chi connectivity index (χ1v) is 7.44. The zero-order valence-corrected chi connectivity index (χ0v) is 13.3. The fourth-order valence-corrected chi connectivity index (χ4v) is 3.99. The van der Waals surface area contributed by atoms with Crippen molar-refractivity contribution in [3.05, 3.63) is 29.6 Å². The van der Waals surface area contributed by atoms with Gasteiger partial charge in [0.25, 0.3) is 5.91 Å². The van der Waals surface area contributed by atoms with E-state index in [4.69, 9.17) is 5.73 Å². The highest BCUT2D eigenvalue weighted by atomic mass is 19.1. The molecule has 116 valence electrons. The predicted octanol–water partition coefficient (Wildman–Crippen LogP) is 3.94. The molecular formula is C17H25FN2O. The van der Waals surface area contributed by atoms with Gasteiger partial charge in [0, 0.05) is 11.7 Å². The van der Waals surface area contributed by atoms with E-state index in [0.717, 1.165) is 18.5 Å². The normalized spacial score (nSPS) is 21.0. The number of amides is 1. The van der Waals surface area contributed by atoms with Crippen molar-refractivity contribution in [3.63, 3.8) is 0 Å². The van der Waals surface area contributed by atoms with Gasteiger partial charge in [-0.2, -0.15) is 0 Å². The minimum atomic E-state index is -0.736. The quantitative estimate of drug-likeness (QED) is 0.886. The molecule has 0 spiro atoms. The summed E-state index contributed by atoms with van der Waals surface area (Å²) in [6.45, 7) is 9.12. The Morgan fingerprint density at radius 3 is 2.33 bits per heavy atom. The van der Waals surface area contributed by atoms with E-state index in [9.17, 15) is 9.18 Å². The zero-order chi connectivity index (χ0) is 15.8. The van der Waals surface area contributed by atoms with Crippen molar-refractivity contribution in [1.82, 2.24) is 0 Å². The van der Waals surface area contributed by atoms with Crippen molar-refractivity contribution in [3.8, 4) is 0 Å². The van der Waals surface area contributed by atoms with E-state index < -0.39 is 11.7 Å². The number of primary amides is 1. The lowest BCUT2D eigenvalue weighted by Gasteiger charge is -2.45. The molecule has 0 bridgehead atoms. The summed E-state index contributed by atoms with van der Waals surface area (Å²) in [5, 5.41) is 3.44. The summed E-state index contributed by atoms with van der Waals surface area (Å²) in [5.74, 6) is -1.31.